The number of benzene rings is 1. The van der Waals surface area contributed by atoms with Crippen molar-refractivity contribution in [2.45, 2.75) is 50.7 Å². The fourth-order valence-electron chi connectivity index (χ4n) is 3.93. The third kappa shape index (κ3) is 7.76. The van der Waals surface area contributed by atoms with Gasteiger partial charge in [0.05, 0.1) is 12.1 Å². The predicted molar refractivity (Wildman–Crippen MR) is 111 cm³/mol. The molecule has 0 spiro atoms. The highest BCUT2D eigenvalue weighted by molar-refractivity contribution is 5.80. The van der Waals surface area contributed by atoms with Gasteiger partial charge >= 0.3 is 0 Å². The van der Waals surface area contributed by atoms with Crippen LogP contribution in [0.3, 0.4) is 0 Å². The number of carboxylic acid groups (broad SMARTS) is 1. The van der Waals surface area contributed by atoms with Crippen LogP contribution in [0.15, 0.2) is 30.3 Å². The molecule has 0 unspecified atom stereocenters. The maximum atomic E-state index is 12.5. The molecule has 2 aliphatic rings. The average molecular weight is 421 g/mol. The second kappa shape index (κ2) is 13.0. The molecule has 1 saturated carbocycles. The van der Waals surface area contributed by atoms with Crippen molar-refractivity contribution in [2.24, 2.45) is 11.8 Å². The first-order valence-corrected chi connectivity index (χ1v) is 10.5. The summed E-state index contributed by atoms with van der Waals surface area (Å²) in [6.45, 7) is 1.57. The lowest BCUT2D eigenvalue weighted by Gasteiger charge is -2.34. The van der Waals surface area contributed by atoms with Gasteiger partial charge in [0, 0.05) is 31.6 Å². The summed E-state index contributed by atoms with van der Waals surface area (Å²) in [4.78, 5) is 33.3. The van der Waals surface area contributed by atoms with Gasteiger partial charge in [-0.15, -0.1) is 0 Å². The van der Waals surface area contributed by atoms with Gasteiger partial charge in [-0.05, 0) is 44.1 Å². The number of ether oxygens (including phenoxy) is 1. The predicted octanol–water partition coefficient (Wildman–Crippen LogP) is 1.12. The first-order valence-electron chi connectivity index (χ1n) is 10.5. The molecule has 166 valence electrons. The molecule has 1 aromatic rings. The first kappa shape index (κ1) is 23.8. The standard InChI is InChI=1S/C21H30N2O4.CH2O2/c24-19-7-6-17(20(25)22-11-8-15-4-2-1-3-5-15)14-18(19)23-21(26)16-9-12-27-13-10-16;2-1-3/h1-5,16-19,24H,6-14H2,(H,22,25)(H,23,26);1H,(H,2,3)/t17-,18+,19+;/m0./s1. The minimum Gasteiger partial charge on any atom is -0.483 e. The molecule has 8 heteroatoms. The Balaban J connectivity index is 0.00000101. The molecular formula is C22H32N2O6. The zero-order valence-electron chi connectivity index (χ0n) is 17.2. The largest absolute Gasteiger partial charge is 0.483 e. The van der Waals surface area contributed by atoms with E-state index in [4.69, 9.17) is 14.6 Å². The highest BCUT2D eigenvalue weighted by Crippen LogP contribution is 2.26. The van der Waals surface area contributed by atoms with Gasteiger partial charge in [-0.2, -0.15) is 0 Å². The third-order valence-electron chi connectivity index (χ3n) is 5.66. The van der Waals surface area contributed by atoms with Gasteiger partial charge in [-0.1, -0.05) is 30.3 Å². The highest BCUT2D eigenvalue weighted by atomic mass is 16.5. The van der Waals surface area contributed by atoms with Crippen LogP contribution in [0.5, 0.6) is 0 Å². The van der Waals surface area contributed by atoms with E-state index in [2.05, 4.69) is 10.6 Å². The fraction of sp³-hybridized carbons (Fsp3) is 0.591. The summed E-state index contributed by atoms with van der Waals surface area (Å²) in [5.41, 5.74) is 1.19. The van der Waals surface area contributed by atoms with Crippen LogP contribution in [0.25, 0.3) is 0 Å². The molecule has 1 heterocycles. The molecule has 0 bridgehead atoms. The van der Waals surface area contributed by atoms with Crippen molar-refractivity contribution in [3.8, 4) is 0 Å². The zero-order chi connectivity index (χ0) is 21.8. The van der Waals surface area contributed by atoms with Crippen molar-refractivity contribution in [2.75, 3.05) is 19.8 Å². The molecule has 1 saturated heterocycles. The summed E-state index contributed by atoms with van der Waals surface area (Å²) in [6.07, 6.45) is 3.34. The van der Waals surface area contributed by atoms with Crippen molar-refractivity contribution in [3.63, 3.8) is 0 Å². The molecular weight excluding hydrogens is 388 g/mol. The third-order valence-corrected chi connectivity index (χ3v) is 5.66. The number of hydrogen-bond acceptors (Lipinski definition) is 5. The lowest BCUT2D eigenvalue weighted by molar-refractivity contribution is -0.132. The lowest BCUT2D eigenvalue weighted by Crippen LogP contribution is -2.51. The molecule has 8 nitrogen and oxygen atoms in total. The van der Waals surface area contributed by atoms with Crippen molar-refractivity contribution >= 4 is 18.3 Å². The summed E-state index contributed by atoms with van der Waals surface area (Å²) in [6, 6.07) is 9.70. The van der Waals surface area contributed by atoms with Crippen molar-refractivity contribution in [1.82, 2.24) is 10.6 Å². The van der Waals surface area contributed by atoms with Crippen molar-refractivity contribution < 1.29 is 29.3 Å². The van der Waals surface area contributed by atoms with E-state index in [0.717, 1.165) is 19.3 Å². The first-order chi connectivity index (χ1) is 14.5. The summed E-state index contributed by atoms with van der Waals surface area (Å²) < 4.78 is 5.30. The van der Waals surface area contributed by atoms with Gasteiger partial charge in [-0.3, -0.25) is 14.4 Å². The normalized spacial score (nSPS) is 24.1. The van der Waals surface area contributed by atoms with E-state index in [1.807, 2.05) is 30.3 Å². The summed E-state index contributed by atoms with van der Waals surface area (Å²) in [5.74, 6) is -0.217. The smallest absolute Gasteiger partial charge is 0.290 e. The molecule has 1 aliphatic heterocycles. The van der Waals surface area contributed by atoms with Crippen molar-refractivity contribution in [3.05, 3.63) is 35.9 Å². The van der Waals surface area contributed by atoms with Crippen LogP contribution in [0.2, 0.25) is 0 Å². The number of amides is 2. The molecule has 30 heavy (non-hydrogen) atoms. The van der Waals surface area contributed by atoms with E-state index in [0.29, 0.717) is 39.0 Å². The monoisotopic (exact) mass is 420 g/mol. The summed E-state index contributed by atoms with van der Waals surface area (Å²) in [7, 11) is 0. The molecule has 2 amide bonds. The Kier molecular flexibility index (Phi) is 10.3. The topological polar surface area (TPSA) is 125 Å². The van der Waals surface area contributed by atoms with Gasteiger partial charge in [0.2, 0.25) is 11.8 Å². The van der Waals surface area contributed by atoms with Crippen LogP contribution in [0.4, 0.5) is 0 Å². The molecule has 3 rings (SSSR count). The quantitative estimate of drug-likeness (QED) is 0.511. The number of carbonyl (C=O) groups excluding carboxylic acids is 2. The number of carbonyl (C=O) groups is 3. The van der Waals surface area contributed by atoms with E-state index in [1.54, 1.807) is 0 Å². The van der Waals surface area contributed by atoms with E-state index < -0.39 is 6.10 Å². The Morgan fingerprint density at radius 1 is 1.03 bits per heavy atom. The lowest BCUT2D eigenvalue weighted by atomic mass is 9.82. The Morgan fingerprint density at radius 2 is 1.70 bits per heavy atom. The maximum Gasteiger partial charge on any atom is 0.290 e. The number of hydrogen-bond donors (Lipinski definition) is 4. The number of aliphatic hydroxyl groups excluding tert-OH is 1. The van der Waals surface area contributed by atoms with Crippen LogP contribution in [0.1, 0.15) is 37.7 Å². The summed E-state index contributed by atoms with van der Waals surface area (Å²) in [5, 5.41) is 23.1. The SMILES string of the molecule is O=C(N[C@@H]1C[C@@H](C(=O)NCCc2ccccc2)CC[C@H]1O)C1CCOCC1.O=CO. The van der Waals surface area contributed by atoms with Crippen LogP contribution < -0.4 is 10.6 Å². The van der Waals surface area contributed by atoms with Gasteiger partial charge in [0.1, 0.15) is 0 Å². The van der Waals surface area contributed by atoms with Crippen LogP contribution >= 0.6 is 0 Å². The van der Waals surface area contributed by atoms with Crippen molar-refractivity contribution in [1.29, 1.82) is 0 Å². The molecule has 2 fully saturated rings. The Hall–Kier alpha value is -2.45. The van der Waals surface area contributed by atoms with E-state index in [1.165, 1.54) is 5.56 Å². The number of nitrogens with one attached hydrogen (secondary N) is 2. The van der Waals surface area contributed by atoms with Gasteiger partial charge < -0.3 is 25.6 Å². The second-order valence-electron chi connectivity index (χ2n) is 7.71. The van der Waals surface area contributed by atoms with E-state index in [9.17, 15) is 14.7 Å². The average Bonchev–Trinajstić information content (AvgIpc) is 2.77. The van der Waals surface area contributed by atoms with Gasteiger partial charge in [-0.25, -0.2) is 0 Å². The molecule has 1 aromatic carbocycles. The second-order valence-corrected chi connectivity index (χ2v) is 7.71. The molecule has 0 radical (unpaired) electrons. The van der Waals surface area contributed by atoms with Crippen LogP contribution in [0, 0.1) is 11.8 Å². The number of aliphatic hydroxyl groups is 1. The van der Waals surface area contributed by atoms with Crippen LogP contribution in [-0.2, 0) is 25.5 Å². The highest BCUT2D eigenvalue weighted by Gasteiger charge is 2.35. The minimum absolute atomic E-state index is 0.0168. The molecule has 4 N–H and O–H groups in total. The Bertz CT molecular complexity index is 663. The molecule has 1 aliphatic carbocycles. The minimum atomic E-state index is -0.581. The number of rotatable bonds is 6. The van der Waals surface area contributed by atoms with E-state index in [-0.39, 0.29) is 36.2 Å². The Labute approximate surface area is 177 Å². The molecule has 0 aromatic heterocycles. The molecule has 3 atom stereocenters. The summed E-state index contributed by atoms with van der Waals surface area (Å²) >= 11 is 0. The van der Waals surface area contributed by atoms with Crippen LogP contribution in [-0.4, -0.2) is 60.4 Å². The van der Waals surface area contributed by atoms with Gasteiger partial charge in [0.25, 0.3) is 6.47 Å². The zero-order valence-corrected chi connectivity index (χ0v) is 17.2. The fourth-order valence-corrected chi connectivity index (χ4v) is 3.93. The van der Waals surface area contributed by atoms with Gasteiger partial charge in [0.15, 0.2) is 0 Å². The Morgan fingerprint density at radius 3 is 2.37 bits per heavy atom. The van der Waals surface area contributed by atoms with E-state index >= 15 is 0 Å². The maximum absolute atomic E-state index is 12.5.